The van der Waals surface area contributed by atoms with Gasteiger partial charge >= 0.3 is 0 Å². The van der Waals surface area contributed by atoms with Gasteiger partial charge in [-0.05, 0) is 31.9 Å². The van der Waals surface area contributed by atoms with E-state index in [1.807, 2.05) is 12.3 Å². The average molecular weight is 440 g/mol. The molecular weight excluding hydrogens is 402 g/mol. The summed E-state index contributed by atoms with van der Waals surface area (Å²) in [6.07, 6.45) is 2.91. The minimum atomic E-state index is 0.106. The van der Waals surface area contributed by atoms with Crippen LogP contribution >= 0.6 is 0 Å². The van der Waals surface area contributed by atoms with Crippen LogP contribution < -0.4 is 5.32 Å². The molecule has 7 nitrogen and oxygen atoms in total. The lowest BCUT2D eigenvalue weighted by atomic mass is 10.1. The Morgan fingerprint density at radius 2 is 1.91 bits per heavy atom. The highest BCUT2D eigenvalue weighted by Crippen LogP contribution is 2.16. The van der Waals surface area contributed by atoms with Crippen molar-refractivity contribution in [2.45, 2.75) is 32.4 Å². The van der Waals surface area contributed by atoms with Gasteiger partial charge in [0, 0.05) is 70.0 Å². The summed E-state index contributed by atoms with van der Waals surface area (Å²) in [5, 5.41) is 4.23. The number of para-hydroxylation sites is 1. The van der Waals surface area contributed by atoms with Crippen LogP contribution in [0, 0.1) is 0 Å². The Hall–Kier alpha value is -2.06. The minimum Gasteiger partial charge on any atom is -0.374 e. The van der Waals surface area contributed by atoms with Gasteiger partial charge in [0.1, 0.15) is 0 Å². The molecular formula is C25H37N5O2. The highest BCUT2D eigenvalue weighted by Gasteiger charge is 2.26. The monoisotopic (exact) mass is 439 g/mol. The van der Waals surface area contributed by atoms with Crippen molar-refractivity contribution in [3.05, 3.63) is 42.1 Å². The fourth-order valence-corrected chi connectivity index (χ4v) is 4.70. The Labute approximate surface area is 191 Å². The standard InChI is InChI=1S/C25H37N5O2/c1-20(2)30-15-16-32-23(18-30)17-28-11-13-29(14-12-28)19-24(31)26-10-8-22-6-3-5-21-7-4-9-27-25(21)22/h3-7,9,20,23H,8,10-19H2,1-2H3,(H,26,31). The van der Waals surface area contributed by atoms with Gasteiger partial charge in [-0.2, -0.15) is 0 Å². The fourth-order valence-electron chi connectivity index (χ4n) is 4.70. The molecule has 4 rings (SSSR count). The van der Waals surface area contributed by atoms with E-state index in [-0.39, 0.29) is 5.91 Å². The van der Waals surface area contributed by atoms with Gasteiger partial charge in [-0.1, -0.05) is 24.3 Å². The van der Waals surface area contributed by atoms with Gasteiger partial charge in [0.15, 0.2) is 0 Å². The van der Waals surface area contributed by atoms with E-state index in [0.29, 0.717) is 25.2 Å². The van der Waals surface area contributed by atoms with Gasteiger partial charge in [-0.15, -0.1) is 0 Å². The summed E-state index contributed by atoms with van der Waals surface area (Å²) in [4.78, 5) is 24.2. The maximum absolute atomic E-state index is 12.5. The second-order valence-electron chi connectivity index (χ2n) is 9.25. The zero-order valence-corrected chi connectivity index (χ0v) is 19.5. The molecule has 1 amide bonds. The maximum atomic E-state index is 12.5. The summed E-state index contributed by atoms with van der Waals surface area (Å²) in [7, 11) is 0. The number of nitrogens with zero attached hydrogens (tertiary/aromatic N) is 4. The number of pyridine rings is 1. The number of aromatic nitrogens is 1. The third-order valence-corrected chi connectivity index (χ3v) is 6.63. The van der Waals surface area contributed by atoms with E-state index in [1.165, 1.54) is 5.56 Å². The number of carbonyl (C=O) groups is 1. The first-order valence-electron chi connectivity index (χ1n) is 12.0. The molecule has 1 aromatic heterocycles. The van der Waals surface area contributed by atoms with Crippen LogP contribution in [0.2, 0.25) is 0 Å². The van der Waals surface area contributed by atoms with Crippen LogP contribution in [0.25, 0.3) is 10.9 Å². The molecule has 0 radical (unpaired) electrons. The molecule has 2 aliphatic rings. The molecule has 0 aliphatic carbocycles. The molecule has 1 N–H and O–H groups in total. The van der Waals surface area contributed by atoms with Crippen molar-refractivity contribution in [2.75, 3.05) is 65.5 Å². The van der Waals surface area contributed by atoms with Crippen molar-refractivity contribution < 1.29 is 9.53 Å². The Morgan fingerprint density at radius 3 is 2.72 bits per heavy atom. The predicted molar refractivity (Wildman–Crippen MR) is 128 cm³/mol. The molecule has 174 valence electrons. The number of piperazine rings is 1. The Bertz CT molecular complexity index is 876. The van der Waals surface area contributed by atoms with Crippen molar-refractivity contribution in [1.82, 2.24) is 25.0 Å². The average Bonchev–Trinajstić information content (AvgIpc) is 2.81. The zero-order valence-electron chi connectivity index (χ0n) is 19.5. The van der Waals surface area contributed by atoms with Crippen molar-refractivity contribution in [2.24, 2.45) is 0 Å². The lowest BCUT2D eigenvalue weighted by Gasteiger charge is -2.40. The number of benzene rings is 1. The summed E-state index contributed by atoms with van der Waals surface area (Å²) < 4.78 is 5.99. The summed E-state index contributed by atoms with van der Waals surface area (Å²) in [5.74, 6) is 0.106. The Balaban J connectivity index is 1.15. The van der Waals surface area contributed by atoms with E-state index in [1.54, 1.807) is 0 Å². The van der Waals surface area contributed by atoms with E-state index in [9.17, 15) is 4.79 Å². The smallest absolute Gasteiger partial charge is 0.234 e. The lowest BCUT2D eigenvalue weighted by Crippen LogP contribution is -2.54. The van der Waals surface area contributed by atoms with Gasteiger partial charge in [0.2, 0.25) is 5.91 Å². The normalized spacial score (nSPS) is 21.3. The van der Waals surface area contributed by atoms with E-state index < -0.39 is 0 Å². The Kier molecular flexibility index (Phi) is 8.08. The molecule has 2 aliphatic heterocycles. The van der Waals surface area contributed by atoms with E-state index in [2.05, 4.69) is 63.1 Å². The molecule has 1 aromatic carbocycles. The Morgan fingerprint density at radius 1 is 1.12 bits per heavy atom. The van der Waals surface area contributed by atoms with Gasteiger partial charge in [0.25, 0.3) is 0 Å². The van der Waals surface area contributed by atoms with Gasteiger partial charge in [0.05, 0.1) is 24.8 Å². The first-order chi connectivity index (χ1) is 15.6. The second-order valence-corrected chi connectivity index (χ2v) is 9.25. The summed E-state index contributed by atoms with van der Waals surface area (Å²) in [5.41, 5.74) is 2.21. The minimum absolute atomic E-state index is 0.106. The van der Waals surface area contributed by atoms with Gasteiger partial charge in [-0.25, -0.2) is 0 Å². The second kappa shape index (κ2) is 11.2. The van der Waals surface area contributed by atoms with Gasteiger partial charge < -0.3 is 10.1 Å². The number of morpholine rings is 1. The third kappa shape index (κ3) is 6.25. The van der Waals surface area contributed by atoms with Crippen LogP contribution in [0.15, 0.2) is 36.5 Å². The van der Waals surface area contributed by atoms with Crippen LogP contribution in [0.4, 0.5) is 0 Å². The van der Waals surface area contributed by atoms with Gasteiger partial charge in [-0.3, -0.25) is 24.5 Å². The first-order valence-corrected chi connectivity index (χ1v) is 12.0. The van der Waals surface area contributed by atoms with Crippen LogP contribution in [0.5, 0.6) is 0 Å². The summed E-state index contributed by atoms with van der Waals surface area (Å²) in [6.45, 7) is 13.4. The quantitative estimate of drug-likeness (QED) is 0.675. The molecule has 2 fully saturated rings. The van der Waals surface area contributed by atoms with E-state index in [0.717, 1.165) is 69.7 Å². The molecule has 32 heavy (non-hydrogen) atoms. The number of hydrogen-bond donors (Lipinski definition) is 1. The highest BCUT2D eigenvalue weighted by atomic mass is 16.5. The number of amides is 1. The van der Waals surface area contributed by atoms with Crippen molar-refractivity contribution in [3.8, 4) is 0 Å². The number of nitrogens with one attached hydrogen (secondary N) is 1. The van der Waals surface area contributed by atoms with Crippen molar-refractivity contribution in [3.63, 3.8) is 0 Å². The van der Waals surface area contributed by atoms with E-state index in [4.69, 9.17) is 4.74 Å². The summed E-state index contributed by atoms with van der Waals surface area (Å²) in [6, 6.07) is 10.8. The number of carbonyl (C=O) groups excluding carboxylic acids is 1. The maximum Gasteiger partial charge on any atom is 0.234 e. The molecule has 0 bridgehead atoms. The number of ether oxygens (including phenoxy) is 1. The lowest BCUT2D eigenvalue weighted by molar-refractivity contribution is -0.122. The topological polar surface area (TPSA) is 60.9 Å². The molecule has 0 spiro atoms. The highest BCUT2D eigenvalue weighted by molar-refractivity contribution is 5.81. The number of hydrogen-bond acceptors (Lipinski definition) is 6. The van der Waals surface area contributed by atoms with Crippen molar-refractivity contribution >= 4 is 16.8 Å². The molecule has 1 unspecified atom stereocenters. The molecule has 2 saturated heterocycles. The SMILES string of the molecule is CC(C)N1CCOC(CN2CCN(CC(=O)NCCc3cccc4cccnc34)CC2)C1. The molecule has 2 aromatic rings. The number of fused-ring (bicyclic) bond motifs is 1. The third-order valence-electron chi connectivity index (χ3n) is 6.63. The molecule has 7 heteroatoms. The van der Waals surface area contributed by atoms with Crippen LogP contribution in [-0.4, -0.2) is 103 Å². The van der Waals surface area contributed by atoms with Crippen LogP contribution in [-0.2, 0) is 16.0 Å². The largest absolute Gasteiger partial charge is 0.374 e. The van der Waals surface area contributed by atoms with Crippen molar-refractivity contribution in [1.29, 1.82) is 0 Å². The molecule has 1 atom stereocenters. The fraction of sp³-hybridized carbons (Fsp3) is 0.600. The number of rotatable bonds is 8. The van der Waals surface area contributed by atoms with Crippen LogP contribution in [0.1, 0.15) is 19.4 Å². The molecule has 0 saturated carbocycles. The van der Waals surface area contributed by atoms with Crippen LogP contribution in [0.3, 0.4) is 0 Å². The zero-order chi connectivity index (χ0) is 22.3. The summed E-state index contributed by atoms with van der Waals surface area (Å²) >= 11 is 0. The van der Waals surface area contributed by atoms with E-state index >= 15 is 0 Å². The first kappa shape index (κ1) is 23.1. The predicted octanol–water partition coefficient (Wildman–Crippen LogP) is 1.62. The molecule has 3 heterocycles.